The fraction of sp³-hybridized carbons (Fsp3) is 0.389. The molecule has 28 heavy (non-hydrogen) atoms. The Balaban J connectivity index is 1.39. The van der Waals surface area contributed by atoms with Gasteiger partial charge in [0.2, 0.25) is 0 Å². The first-order valence-electron chi connectivity index (χ1n) is 9.47. The van der Waals surface area contributed by atoms with Gasteiger partial charge in [0.25, 0.3) is 0 Å². The molecule has 1 fully saturated rings. The number of hydrazine groups is 1. The highest BCUT2D eigenvalue weighted by molar-refractivity contribution is 6.15. The van der Waals surface area contributed by atoms with Gasteiger partial charge in [-0.3, -0.25) is 9.32 Å². The summed E-state index contributed by atoms with van der Waals surface area (Å²) >= 11 is 6.33. The lowest BCUT2D eigenvalue weighted by atomic mass is 10.1. The molecule has 4 aliphatic rings. The third-order valence-corrected chi connectivity index (χ3v) is 6.04. The molecule has 0 saturated carbocycles. The van der Waals surface area contributed by atoms with Crippen LogP contribution in [0.5, 0.6) is 0 Å². The van der Waals surface area contributed by atoms with E-state index < -0.39 is 0 Å². The van der Waals surface area contributed by atoms with Gasteiger partial charge in [-0.1, -0.05) is 12.1 Å². The summed E-state index contributed by atoms with van der Waals surface area (Å²) in [5.41, 5.74) is 3.20. The molecule has 1 unspecified atom stereocenters. The van der Waals surface area contributed by atoms with Crippen LogP contribution in [0.15, 0.2) is 47.5 Å². The van der Waals surface area contributed by atoms with Crippen LogP contribution in [0.4, 0.5) is 5.69 Å². The van der Waals surface area contributed by atoms with Crippen LogP contribution in [0.3, 0.4) is 0 Å². The summed E-state index contributed by atoms with van der Waals surface area (Å²) in [5.74, 6) is 1.86. The van der Waals surface area contributed by atoms with Crippen molar-refractivity contribution in [3.05, 3.63) is 53.7 Å². The molecule has 0 bridgehead atoms. The Morgan fingerprint density at radius 3 is 2.96 bits per heavy atom. The van der Waals surface area contributed by atoms with E-state index in [9.17, 15) is 0 Å². The highest BCUT2D eigenvalue weighted by Crippen LogP contribution is 2.39. The zero-order valence-corrected chi connectivity index (χ0v) is 16.2. The molecule has 10 heteroatoms. The van der Waals surface area contributed by atoms with Crippen molar-refractivity contribution in [1.82, 2.24) is 29.4 Å². The molecule has 5 heterocycles. The van der Waals surface area contributed by atoms with Gasteiger partial charge in [-0.2, -0.15) is 10.1 Å². The summed E-state index contributed by atoms with van der Waals surface area (Å²) in [6.07, 6.45) is 6.26. The summed E-state index contributed by atoms with van der Waals surface area (Å²) in [4.78, 5) is 11.1. The Kier molecular flexibility index (Phi) is 3.39. The van der Waals surface area contributed by atoms with Gasteiger partial charge in [0.05, 0.1) is 24.1 Å². The second kappa shape index (κ2) is 5.86. The number of fused-ring (bicyclic) bond motifs is 6. The number of benzene rings is 1. The Morgan fingerprint density at radius 2 is 2.11 bits per heavy atom. The predicted octanol–water partition coefficient (Wildman–Crippen LogP) is 1.66. The normalized spacial score (nSPS) is 23.7. The fourth-order valence-electron chi connectivity index (χ4n) is 4.48. The predicted molar refractivity (Wildman–Crippen MR) is 106 cm³/mol. The molecule has 1 aromatic heterocycles. The van der Waals surface area contributed by atoms with Crippen LogP contribution in [0.1, 0.15) is 30.1 Å². The topological polar surface area (TPSA) is 59.3 Å². The van der Waals surface area contributed by atoms with Crippen molar-refractivity contribution in [2.24, 2.45) is 4.99 Å². The lowest BCUT2D eigenvalue weighted by molar-refractivity contribution is 0.311. The van der Waals surface area contributed by atoms with Crippen molar-refractivity contribution in [3.63, 3.8) is 0 Å². The minimum absolute atomic E-state index is 0.333. The third-order valence-electron chi connectivity index (χ3n) is 5.84. The van der Waals surface area contributed by atoms with Crippen LogP contribution in [0, 0.1) is 0 Å². The van der Waals surface area contributed by atoms with Crippen molar-refractivity contribution in [1.29, 1.82) is 0 Å². The van der Waals surface area contributed by atoms with Crippen LogP contribution >= 0.6 is 11.8 Å². The number of rotatable bonds is 2. The first-order valence-corrected chi connectivity index (χ1v) is 9.80. The number of amidine groups is 1. The average Bonchev–Trinajstić information content (AvgIpc) is 3.46. The van der Waals surface area contributed by atoms with Crippen molar-refractivity contribution in [2.45, 2.75) is 18.9 Å². The molecule has 1 aromatic carbocycles. The first-order chi connectivity index (χ1) is 13.7. The van der Waals surface area contributed by atoms with Crippen molar-refractivity contribution < 1.29 is 0 Å². The number of anilines is 1. The monoisotopic (exact) mass is 397 g/mol. The standard InChI is InChI=1S/C18H20ClN9/c1-23-8-4-7-16(23)14-9-26(22-21-14)27-11-20-18-13-5-2-3-6-15(13)25-12-24(19)10-17(25)28(18)27/h2-3,5-6,9-10,16H,4,7-8,11-12H2,1H3. The number of likely N-dealkylation sites (tertiary alicyclic amines) is 1. The Labute approximate surface area is 167 Å². The zero-order chi connectivity index (χ0) is 18.8. The lowest BCUT2D eigenvalue weighted by Gasteiger charge is -2.39. The number of hydrogen-bond acceptors (Lipinski definition) is 8. The number of aliphatic imine (C=N–C) groups is 1. The molecule has 0 radical (unpaired) electrons. The van der Waals surface area contributed by atoms with Crippen LogP contribution < -0.4 is 10.0 Å². The molecule has 144 valence electrons. The van der Waals surface area contributed by atoms with Gasteiger partial charge in [0, 0.05) is 17.3 Å². The van der Waals surface area contributed by atoms with Gasteiger partial charge in [0.1, 0.15) is 12.4 Å². The van der Waals surface area contributed by atoms with E-state index in [0.717, 1.165) is 41.6 Å². The van der Waals surface area contributed by atoms with Crippen LogP contribution in [0.2, 0.25) is 0 Å². The van der Waals surface area contributed by atoms with Gasteiger partial charge in [0.15, 0.2) is 18.3 Å². The highest BCUT2D eigenvalue weighted by Gasteiger charge is 2.42. The second-order valence-corrected chi connectivity index (χ2v) is 7.92. The molecular weight excluding hydrogens is 378 g/mol. The molecule has 0 amide bonds. The molecule has 1 saturated heterocycles. The number of hydrogen-bond donors (Lipinski definition) is 0. The minimum Gasteiger partial charge on any atom is -0.305 e. The van der Waals surface area contributed by atoms with E-state index in [1.165, 1.54) is 6.42 Å². The van der Waals surface area contributed by atoms with Gasteiger partial charge in [-0.15, -0.1) is 9.89 Å². The summed E-state index contributed by atoms with van der Waals surface area (Å²) in [6.45, 7) is 2.16. The third kappa shape index (κ3) is 2.20. The van der Waals surface area contributed by atoms with Crippen LogP contribution in [0.25, 0.3) is 0 Å². The first kappa shape index (κ1) is 16.2. The second-order valence-electron chi connectivity index (χ2n) is 7.48. The van der Waals surface area contributed by atoms with Gasteiger partial charge >= 0.3 is 0 Å². The molecular formula is C18H20ClN9. The summed E-state index contributed by atoms with van der Waals surface area (Å²) in [7, 11) is 2.14. The highest BCUT2D eigenvalue weighted by atomic mass is 35.5. The quantitative estimate of drug-likeness (QED) is 0.714. The molecule has 0 N–H and O–H groups in total. The maximum Gasteiger partial charge on any atom is 0.162 e. The van der Waals surface area contributed by atoms with Crippen molar-refractivity contribution in [3.8, 4) is 0 Å². The average molecular weight is 398 g/mol. The van der Waals surface area contributed by atoms with Crippen molar-refractivity contribution >= 4 is 23.3 Å². The van der Waals surface area contributed by atoms with Gasteiger partial charge in [-0.05, 0) is 43.8 Å². The molecule has 6 rings (SSSR count). The van der Waals surface area contributed by atoms with Gasteiger partial charge < -0.3 is 4.90 Å². The number of nitrogens with zero attached hydrogens (tertiary/aromatic N) is 9. The van der Waals surface area contributed by atoms with Crippen molar-refractivity contribution in [2.75, 3.05) is 36.9 Å². The molecule has 4 aliphatic heterocycles. The SMILES string of the molecule is CN1CCCC1c1cn(N2CN=C3c4ccccc4N4CN(Cl)C=C4N32)nn1. The van der Waals surface area contributed by atoms with E-state index in [1.807, 2.05) is 29.6 Å². The summed E-state index contributed by atoms with van der Waals surface area (Å²) in [5, 5.41) is 12.9. The van der Waals surface area contributed by atoms with Crippen LogP contribution in [-0.2, 0) is 0 Å². The molecule has 9 nitrogen and oxygen atoms in total. The molecule has 2 aromatic rings. The number of para-hydroxylation sites is 1. The van der Waals surface area contributed by atoms with E-state index in [1.54, 1.807) is 9.21 Å². The fourth-order valence-corrected chi connectivity index (χ4v) is 4.67. The summed E-state index contributed by atoms with van der Waals surface area (Å²) < 4.78 is 1.66. The Bertz CT molecular complexity index is 998. The van der Waals surface area contributed by atoms with Crippen LogP contribution in [-0.4, -0.2) is 62.2 Å². The van der Waals surface area contributed by atoms with E-state index in [-0.39, 0.29) is 0 Å². The zero-order valence-electron chi connectivity index (χ0n) is 15.5. The minimum atomic E-state index is 0.333. The maximum atomic E-state index is 6.33. The molecule has 1 atom stereocenters. The largest absolute Gasteiger partial charge is 0.305 e. The maximum absolute atomic E-state index is 6.33. The molecule has 0 spiro atoms. The Morgan fingerprint density at radius 1 is 1.21 bits per heavy atom. The lowest BCUT2D eigenvalue weighted by Crippen LogP contribution is -2.53. The summed E-state index contributed by atoms with van der Waals surface area (Å²) in [6, 6.07) is 8.61. The van der Waals surface area contributed by atoms with Gasteiger partial charge in [-0.25, -0.2) is 4.99 Å². The van der Waals surface area contributed by atoms with E-state index in [0.29, 0.717) is 19.4 Å². The van der Waals surface area contributed by atoms with E-state index >= 15 is 0 Å². The number of halogens is 1. The smallest absolute Gasteiger partial charge is 0.162 e. The molecule has 0 aliphatic carbocycles. The van der Waals surface area contributed by atoms with E-state index in [4.69, 9.17) is 16.8 Å². The number of aromatic nitrogens is 3. The Hall–Kier alpha value is -2.78. The van der Waals surface area contributed by atoms with E-state index in [2.05, 4.69) is 44.3 Å².